The van der Waals surface area contributed by atoms with Gasteiger partial charge in [-0.05, 0) is 23.4 Å². The lowest BCUT2D eigenvalue weighted by atomic mass is 10.2. The zero-order valence-corrected chi connectivity index (χ0v) is 8.12. The second kappa shape index (κ2) is 3.54. The third-order valence-corrected chi connectivity index (χ3v) is 2.14. The number of rotatable bonds is 2. The van der Waals surface area contributed by atoms with Crippen LogP contribution in [0.2, 0.25) is 0 Å². The van der Waals surface area contributed by atoms with Gasteiger partial charge in [-0.15, -0.1) is 10.2 Å². The Hall–Kier alpha value is -2.57. The summed E-state index contributed by atoms with van der Waals surface area (Å²) in [5.41, 5.74) is 2.53. The van der Waals surface area contributed by atoms with Crippen molar-refractivity contribution in [2.75, 3.05) is 0 Å². The molecule has 0 aromatic carbocycles. The Kier molecular flexibility index (Phi) is 1.93. The fraction of sp³-hybridized carbons (Fsp3) is 0. The maximum atomic E-state index is 4.17. The number of hydrogen-bond donors (Lipinski definition) is 2. The summed E-state index contributed by atoms with van der Waals surface area (Å²) in [6.07, 6.45) is 3.44. The van der Waals surface area contributed by atoms with Crippen LogP contribution in [-0.4, -0.2) is 35.8 Å². The number of nitrogens with one attached hydrogen (secondary N) is 2. The van der Waals surface area contributed by atoms with Gasteiger partial charge >= 0.3 is 0 Å². The third kappa shape index (κ3) is 1.44. The highest BCUT2D eigenvalue weighted by molar-refractivity contribution is 5.63. The van der Waals surface area contributed by atoms with Crippen molar-refractivity contribution in [1.29, 1.82) is 0 Å². The van der Waals surface area contributed by atoms with Crippen LogP contribution in [0.5, 0.6) is 0 Å². The van der Waals surface area contributed by atoms with Crippen LogP contribution in [0.25, 0.3) is 22.8 Å². The molecule has 16 heavy (non-hydrogen) atoms. The maximum absolute atomic E-state index is 4.17. The van der Waals surface area contributed by atoms with Gasteiger partial charge in [0.2, 0.25) is 5.82 Å². The first-order valence-electron chi connectivity index (χ1n) is 4.63. The van der Waals surface area contributed by atoms with Crippen molar-refractivity contribution < 1.29 is 0 Å². The molecule has 0 unspecified atom stereocenters. The van der Waals surface area contributed by atoms with E-state index in [0.29, 0.717) is 5.82 Å². The standard InChI is InChI=1S/C9H7N7/c1-3-10-4-2-6(1)7-5-8(12-11-7)9-13-15-16-14-9/h1-5H,(H,11,12)(H,13,14,15,16). The summed E-state index contributed by atoms with van der Waals surface area (Å²) in [7, 11) is 0. The van der Waals surface area contributed by atoms with Gasteiger partial charge in [0, 0.05) is 18.0 Å². The summed E-state index contributed by atoms with van der Waals surface area (Å²) >= 11 is 0. The molecule has 3 aromatic heterocycles. The zero-order chi connectivity index (χ0) is 10.8. The average Bonchev–Trinajstić information content (AvgIpc) is 3.01. The maximum Gasteiger partial charge on any atom is 0.222 e. The van der Waals surface area contributed by atoms with E-state index < -0.39 is 0 Å². The first kappa shape index (κ1) is 8.72. The molecule has 3 heterocycles. The lowest BCUT2D eigenvalue weighted by Crippen LogP contribution is -1.79. The molecule has 2 N–H and O–H groups in total. The summed E-state index contributed by atoms with van der Waals surface area (Å²) in [5.74, 6) is 0.493. The molecular weight excluding hydrogens is 206 g/mol. The van der Waals surface area contributed by atoms with Crippen molar-refractivity contribution in [2.24, 2.45) is 0 Å². The first-order chi connectivity index (χ1) is 7.93. The largest absolute Gasteiger partial charge is 0.274 e. The van der Waals surface area contributed by atoms with Gasteiger partial charge in [-0.3, -0.25) is 10.1 Å². The third-order valence-electron chi connectivity index (χ3n) is 2.14. The number of hydrogen-bond acceptors (Lipinski definition) is 5. The Morgan fingerprint density at radius 1 is 1.06 bits per heavy atom. The average molecular weight is 213 g/mol. The van der Waals surface area contributed by atoms with Gasteiger partial charge < -0.3 is 0 Å². The monoisotopic (exact) mass is 213 g/mol. The lowest BCUT2D eigenvalue weighted by molar-refractivity contribution is 0.881. The van der Waals surface area contributed by atoms with E-state index in [2.05, 4.69) is 35.8 Å². The normalized spacial score (nSPS) is 10.5. The van der Waals surface area contributed by atoms with Gasteiger partial charge in [-0.2, -0.15) is 10.3 Å². The zero-order valence-electron chi connectivity index (χ0n) is 8.12. The summed E-state index contributed by atoms with van der Waals surface area (Å²) in [6, 6.07) is 5.63. The van der Waals surface area contributed by atoms with Gasteiger partial charge in [-0.25, -0.2) is 0 Å². The minimum atomic E-state index is 0.493. The molecule has 3 aromatic rings. The first-order valence-corrected chi connectivity index (χ1v) is 4.63. The summed E-state index contributed by atoms with van der Waals surface area (Å²) in [5, 5.41) is 20.6. The smallest absolute Gasteiger partial charge is 0.222 e. The van der Waals surface area contributed by atoms with Crippen molar-refractivity contribution >= 4 is 0 Å². The minimum absolute atomic E-state index is 0.493. The van der Waals surface area contributed by atoms with Crippen LogP contribution in [-0.2, 0) is 0 Å². The van der Waals surface area contributed by atoms with Gasteiger partial charge in [-0.1, -0.05) is 0 Å². The van der Waals surface area contributed by atoms with Gasteiger partial charge in [0.25, 0.3) is 0 Å². The second-order valence-corrected chi connectivity index (χ2v) is 3.14. The van der Waals surface area contributed by atoms with Crippen molar-refractivity contribution in [3.8, 4) is 22.8 Å². The van der Waals surface area contributed by atoms with Crippen LogP contribution >= 0.6 is 0 Å². The van der Waals surface area contributed by atoms with Crippen LogP contribution in [0, 0.1) is 0 Å². The SMILES string of the molecule is c1cc(-c2cc(-c3nn[nH]n3)[nH]n2)ccn1. The van der Waals surface area contributed by atoms with Gasteiger partial charge in [0.05, 0.1) is 5.69 Å². The van der Waals surface area contributed by atoms with Gasteiger partial charge in [0.1, 0.15) is 5.69 Å². The van der Waals surface area contributed by atoms with Gasteiger partial charge in [0.15, 0.2) is 0 Å². The van der Waals surface area contributed by atoms with Crippen LogP contribution < -0.4 is 0 Å². The molecule has 0 fully saturated rings. The quantitative estimate of drug-likeness (QED) is 0.651. The Bertz CT molecular complexity index is 569. The van der Waals surface area contributed by atoms with Crippen molar-refractivity contribution in [3.63, 3.8) is 0 Å². The summed E-state index contributed by atoms with van der Waals surface area (Å²) in [6.45, 7) is 0. The predicted molar refractivity (Wildman–Crippen MR) is 55.0 cm³/mol. The van der Waals surface area contributed by atoms with Crippen molar-refractivity contribution in [2.45, 2.75) is 0 Å². The Morgan fingerprint density at radius 2 is 1.94 bits per heavy atom. The molecule has 7 nitrogen and oxygen atoms in total. The summed E-state index contributed by atoms with van der Waals surface area (Å²) in [4.78, 5) is 3.95. The number of aromatic nitrogens is 7. The van der Waals surface area contributed by atoms with Crippen LogP contribution in [0.15, 0.2) is 30.6 Å². The topological polar surface area (TPSA) is 96.0 Å². The molecule has 0 aliphatic rings. The molecule has 0 atom stereocenters. The molecule has 0 aliphatic carbocycles. The van der Waals surface area contributed by atoms with Crippen LogP contribution in [0.3, 0.4) is 0 Å². The predicted octanol–water partition coefficient (Wildman–Crippen LogP) is 0.652. The lowest BCUT2D eigenvalue weighted by Gasteiger charge is -1.91. The molecule has 7 heteroatoms. The van der Waals surface area contributed by atoms with E-state index in [4.69, 9.17) is 0 Å². The number of tetrazole rings is 1. The van der Waals surface area contributed by atoms with E-state index in [1.807, 2.05) is 18.2 Å². The number of nitrogens with zero attached hydrogens (tertiary/aromatic N) is 5. The summed E-state index contributed by atoms with van der Waals surface area (Å²) < 4.78 is 0. The van der Waals surface area contributed by atoms with Crippen molar-refractivity contribution in [1.82, 2.24) is 35.8 Å². The van der Waals surface area contributed by atoms with Crippen LogP contribution in [0.4, 0.5) is 0 Å². The van der Waals surface area contributed by atoms with Crippen molar-refractivity contribution in [3.05, 3.63) is 30.6 Å². The number of aromatic amines is 2. The van der Waals surface area contributed by atoms with Crippen LogP contribution in [0.1, 0.15) is 0 Å². The fourth-order valence-electron chi connectivity index (χ4n) is 1.38. The molecule has 0 spiro atoms. The molecule has 0 aliphatic heterocycles. The fourth-order valence-corrected chi connectivity index (χ4v) is 1.38. The number of pyridine rings is 1. The van der Waals surface area contributed by atoms with E-state index in [-0.39, 0.29) is 0 Å². The molecule has 0 bridgehead atoms. The Morgan fingerprint density at radius 3 is 2.69 bits per heavy atom. The Labute approximate surface area is 89.9 Å². The minimum Gasteiger partial charge on any atom is -0.274 e. The highest BCUT2D eigenvalue weighted by Gasteiger charge is 2.08. The molecule has 0 amide bonds. The Balaban J connectivity index is 2.00. The number of H-pyrrole nitrogens is 2. The van der Waals surface area contributed by atoms with E-state index in [1.165, 1.54) is 0 Å². The van der Waals surface area contributed by atoms with E-state index in [0.717, 1.165) is 17.0 Å². The van der Waals surface area contributed by atoms with E-state index >= 15 is 0 Å². The molecule has 3 rings (SSSR count). The highest BCUT2D eigenvalue weighted by atomic mass is 15.5. The highest BCUT2D eigenvalue weighted by Crippen LogP contribution is 2.19. The van der Waals surface area contributed by atoms with E-state index in [1.54, 1.807) is 12.4 Å². The molecule has 0 radical (unpaired) electrons. The molecule has 78 valence electrons. The molecule has 0 saturated carbocycles. The second-order valence-electron chi connectivity index (χ2n) is 3.14. The molecular formula is C9H7N7. The molecule has 0 saturated heterocycles. The van der Waals surface area contributed by atoms with E-state index in [9.17, 15) is 0 Å².